The van der Waals surface area contributed by atoms with Crippen molar-refractivity contribution in [3.63, 3.8) is 0 Å². The van der Waals surface area contributed by atoms with Gasteiger partial charge in [0.15, 0.2) is 5.16 Å². The molecule has 20 heavy (non-hydrogen) atoms. The second kappa shape index (κ2) is 6.10. The van der Waals surface area contributed by atoms with Gasteiger partial charge in [-0.15, -0.1) is 0 Å². The van der Waals surface area contributed by atoms with Crippen LogP contribution in [0.3, 0.4) is 0 Å². The summed E-state index contributed by atoms with van der Waals surface area (Å²) in [6, 6.07) is 6.35. The number of carboxylic acid groups (broad SMARTS) is 1. The number of aromatic carboxylic acids is 1. The van der Waals surface area contributed by atoms with Crippen molar-refractivity contribution in [3.05, 3.63) is 39.9 Å². The third-order valence-electron chi connectivity index (χ3n) is 2.40. The van der Waals surface area contributed by atoms with Crippen LogP contribution in [-0.4, -0.2) is 21.0 Å². The predicted octanol–water partition coefficient (Wildman–Crippen LogP) is 2.39. The second-order valence-corrected chi connectivity index (χ2v) is 5.70. The Morgan fingerprint density at radius 2 is 1.90 bits per heavy atom. The fraction of sp³-hybridized carbons (Fsp3) is 0.0833. The highest BCUT2D eigenvalue weighted by atomic mass is 79.9. The number of carbonyl (C=O) groups is 1. The van der Waals surface area contributed by atoms with E-state index in [0.29, 0.717) is 22.5 Å². The fourth-order valence-corrected chi connectivity index (χ4v) is 3.05. The van der Waals surface area contributed by atoms with Crippen molar-refractivity contribution in [1.29, 1.82) is 0 Å². The average molecular weight is 355 g/mol. The molecule has 0 radical (unpaired) electrons. The number of thioether (sulfide) groups is 1. The van der Waals surface area contributed by atoms with Crippen LogP contribution in [0.2, 0.25) is 0 Å². The lowest BCUT2D eigenvalue weighted by Crippen LogP contribution is -2.00. The smallest absolute Gasteiger partial charge is 0.335 e. The van der Waals surface area contributed by atoms with E-state index in [0.717, 1.165) is 10.0 Å². The van der Waals surface area contributed by atoms with Crippen LogP contribution in [0, 0.1) is 0 Å². The lowest BCUT2D eigenvalue weighted by Gasteiger charge is -2.06. The highest BCUT2D eigenvalue weighted by Gasteiger charge is 2.08. The Hall–Kier alpha value is -1.80. The molecule has 0 amide bonds. The number of rotatable bonds is 4. The van der Waals surface area contributed by atoms with E-state index in [1.807, 2.05) is 0 Å². The normalized spacial score (nSPS) is 10.4. The molecule has 5 N–H and O–H groups in total. The van der Waals surface area contributed by atoms with E-state index in [1.54, 1.807) is 18.2 Å². The van der Waals surface area contributed by atoms with Crippen molar-refractivity contribution in [2.24, 2.45) is 0 Å². The van der Waals surface area contributed by atoms with E-state index in [1.165, 1.54) is 17.8 Å². The van der Waals surface area contributed by atoms with Crippen LogP contribution in [0.5, 0.6) is 0 Å². The second-order valence-electron chi connectivity index (χ2n) is 3.90. The molecule has 0 atom stereocenters. The lowest BCUT2D eigenvalue weighted by molar-refractivity contribution is 0.0697. The molecular weight excluding hydrogens is 344 g/mol. The number of hydrogen-bond donors (Lipinski definition) is 3. The first-order chi connectivity index (χ1) is 9.45. The molecule has 2 aromatic rings. The Kier molecular flexibility index (Phi) is 4.46. The van der Waals surface area contributed by atoms with Gasteiger partial charge in [0.1, 0.15) is 11.6 Å². The van der Waals surface area contributed by atoms with Crippen molar-refractivity contribution in [1.82, 2.24) is 9.97 Å². The summed E-state index contributed by atoms with van der Waals surface area (Å²) in [5.74, 6) is 0.251. The third-order valence-corrected chi connectivity index (χ3v) is 4.04. The van der Waals surface area contributed by atoms with E-state index in [-0.39, 0.29) is 5.56 Å². The molecule has 0 aliphatic carbocycles. The number of nitrogens with two attached hydrogens (primary N) is 2. The Morgan fingerprint density at radius 3 is 2.45 bits per heavy atom. The van der Waals surface area contributed by atoms with E-state index in [9.17, 15) is 4.79 Å². The van der Waals surface area contributed by atoms with Crippen molar-refractivity contribution in [2.45, 2.75) is 10.9 Å². The monoisotopic (exact) mass is 354 g/mol. The van der Waals surface area contributed by atoms with Gasteiger partial charge in [-0.1, -0.05) is 33.8 Å². The first-order valence-corrected chi connectivity index (χ1v) is 7.28. The van der Waals surface area contributed by atoms with Crippen molar-refractivity contribution in [3.8, 4) is 0 Å². The largest absolute Gasteiger partial charge is 0.478 e. The minimum atomic E-state index is -0.961. The Bertz CT molecular complexity index is 646. The molecule has 1 aromatic carbocycles. The molecule has 0 aliphatic heterocycles. The van der Waals surface area contributed by atoms with E-state index >= 15 is 0 Å². The molecule has 8 heteroatoms. The summed E-state index contributed by atoms with van der Waals surface area (Å²) in [7, 11) is 0. The Labute approximate surface area is 127 Å². The summed E-state index contributed by atoms with van der Waals surface area (Å²) < 4.78 is 0.724. The summed E-state index contributed by atoms with van der Waals surface area (Å²) in [4.78, 5) is 19.0. The molecule has 104 valence electrons. The molecule has 2 rings (SSSR count). The minimum Gasteiger partial charge on any atom is -0.478 e. The van der Waals surface area contributed by atoms with Gasteiger partial charge in [0.2, 0.25) is 0 Å². The van der Waals surface area contributed by atoms with E-state index < -0.39 is 5.97 Å². The zero-order valence-corrected chi connectivity index (χ0v) is 12.6. The topological polar surface area (TPSA) is 115 Å². The summed E-state index contributed by atoms with van der Waals surface area (Å²) in [6.07, 6.45) is 0. The summed E-state index contributed by atoms with van der Waals surface area (Å²) in [5.41, 5.74) is 12.4. The van der Waals surface area contributed by atoms with Crippen molar-refractivity contribution < 1.29 is 9.90 Å². The van der Waals surface area contributed by atoms with Gasteiger partial charge >= 0.3 is 5.97 Å². The Balaban J connectivity index is 2.12. The van der Waals surface area contributed by atoms with Gasteiger partial charge in [0.05, 0.1) is 5.56 Å². The zero-order valence-electron chi connectivity index (χ0n) is 10.2. The standard InChI is InChI=1S/C12H11BrN4O2S/c13-8-3-6(11(18)19)1-2-7(8)5-20-12-16-9(14)4-10(15)17-12/h1-4H,5H2,(H,18,19)(H4,14,15,16,17). The molecule has 1 heterocycles. The predicted molar refractivity (Wildman–Crippen MR) is 81.5 cm³/mol. The first-order valence-electron chi connectivity index (χ1n) is 5.50. The maximum atomic E-state index is 10.8. The number of nitrogen functional groups attached to an aromatic ring is 2. The Morgan fingerprint density at radius 1 is 1.25 bits per heavy atom. The van der Waals surface area contributed by atoms with Gasteiger partial charge < -0.3 is 16.6 Å². The summed E-state index contributed by atoms with van der Waals surface area (Å²) >= 11 is 4.72. The van der Waals surface area contributed by atoms with Gasteiger partial charge in [-0.05, 0) is 17.7 Å². The average Bonchev–Trinajstić information content (AvgIpc) is 2.36. The van der Waals surface area contributed by atoms with Gasteiger partial charge in [-0.25, -0.2) is 14.8 Å². The molecule has 0 spiro atoms. The number of aromatic nitrogens is 2. The first kappa shape index (κ1) is 14.6. The quantitative estimate of drug-likeness (QED) is 0.570. The van der Waals surface area contributed by atoms with Crippen molar-refractivity contribution >= 4 is 45.3 Å². The third kappa shape index (κ3) is 3.61. The van der Waals surface area contributed by atoms with Gasteiger partial charge in [-0.2, -0.15) is 0 Å². The molecule has 0 saturated carbocycles. The van der Waals surface area contributed by atoms with Gasteiger partial charge in [0.25, 0.3) is 0 Å². The van der Waals surface area contributed by atoms with Crippen molar-refractivity contribution in [2.75, 3.05) is 11.5 Å². The molecule has 0 fully saturated rings. The molecule has 0 saturated heterocycles. The van der Waals surface area contributed by atoms with Crippen LogP contribution in [0.15, 0.2) is 33.9 Å². The molecule has 1 aromatic heterocycles. The number of anilines is 2. The molecule has 6 nitrogen and oxygen atoms in total. The van der Waals surface area contributed by atoms with Crippen LogP contribution in [0.25, 0.3) is 0 Å². The molecular formula is C12H11BrN4O2S. The maximum absolute atomic E-state index is 10.8. The summed E-state index contributed by atoms with van der Waals surface area (Å²) in [6.45, 7) is 0. The van der Waals surface area contributed by atoms with E-state index in [2.05, 4.69) is 25.9 Å². The molecule has 0 bridgehead atoms. The number of halogens is 1. The maximum Gasteiger partial charge on any atom is 0.335 e. The van der Waals surface area contributed by atoms with Crippen LogP contribution in [0.4, 0.5) is 11.6 Å². The van der Waals surface area contributed by atoms with Crippen LogP contribution in [0.1, 0.15) is 15.9 Å². The van der Waals surface area contributed by atoms with Crippen LogP contribution in [-0.2, 0) is 5.75 Å². The highest BCUT2D eigenvalue weighted by Crippen LogP contribution is 2.26. The number of benzene rings is 1. The SMILES string of the molecule is Nc1cc(N)nc(SCc2ccc(C(=O)O)cc2Br)n1. The van der Waals surface area contributed by atoms with E-state index in [4.69, 9.17) is 16.6 Å². The zero-order chi connectivity index (χ0) is 14.7. The van der Waals surface area contributed by atoms with Crippen LogP contribution < -0.4 is 11.5 Å². The fourth-order valence-electron chi connectivity index (χ4n) is 1.47. The minimum absolute atomic E-state index is 0.232. The number of nitrogens with zero attached hydrogens (tertiary/aromatic N) is 2. The van der Waals surface area contributed by atoms with Crippen LogP contribution >= 0.6 is 27.7 Å². The molecule has 0 aliphatic rings. The highest BCUT2D eigenvalue weighted by molar-refractivity contribution is 9.10. The number of carboxylic acids is 1. The van der Waals surface area contributed by atoms with Gasteiger partial charge in [0, 0.05) is 16.3 Å². The lowest BCUT2D eigenvalue weighted by atomic mass is 10.1. The van der Waals surface area contributed by atoms with Gasteiger partial charge in [-0.3, -0.25) is 0 Å². The summed E-state index contributed by atoms with van der Waals surface area (Å²) in [5, 5.41) is 9.38. The number of hydrogen-bond acceptors (Lipinski definition) is 6. The molecule has 0 unspecified atom stereocenters.